The number of unbranched alkanes of at least 4 members (excludes halogenated alkanes) is 1. The Kier molecular flexibility index (Phi) is 9.39. The van der Waals surface area contributed by atoms with Gasteiger partial charge in [-0.3, -0.25) is 4.57 Å². The average Bonchev–Trinajstić information content (AvgIpc) is 2.56. The van der Waals surface area contributed by atoms with E-state index in [1.807, 2.05) is 42.5 Å². The summed E-state index contributed by atoms with van der Waals surface area (Å²) in [5.41, 5.74) is 7.91. The summed E-state index contributed by atoms with van der Waals surface area (Å²) in [6.45, 7) is 0.506. The highest BCUT2D eigenvalue weighted by atomic mass is 79.9. The van der Waals surface area contributed by atoms with E-state index in [2.05, 4.69) is 12.1 Å². The third-order valence-corrected chi connectivity index (χ3v) is 4.89. The first-order chi connectivity index (χ1) is 11.4. The summed E-state index contributed by atoms with van der Waals surface area (Å²) in [7, 11) is -4.16. The van der Waals surface area contributed by atoms with E-state index in [1.54, 1.807) is 0 Å². The first-order valence-corrected chi connectivity index (χ1v) is 9.70. The summed E-state index contributed by atoms with van der Waals surface area (Å²) in [5.74, 6) is -0.277. The first-order valence-electron chi connectivity index (χ1n) is 8.01. The number of rotatable bonds is 9. The Morgan fingerprint density at radius 1 is 0.960 bits per heavy atom. The second kappa shape index (κ2) is 10.7. The number of benzene rings is 2. The van der Waals surface area contributed by atoms with Crippen LogP contribution < -0.4 is 10.5 Å². The second-order valence-corrected chi connectivity index (χ2v) is 7.65. The quantitative estimate of drug-likeness (QED) is 0.415. The lowest BCUT2D eigenvalue weighted by atomic mass is 10.1. The van der Waals surface area contributed by atoms with Crippen molar-refractivity contribution in [2.45, 2.75) is 31.5 Å². The molecule has 1 unspecified atom stereocenters. The van der Waals surface area contributed by atoms with Crippen LogP contribution in [0, 0.1) is 0 Å². The summed E-state index contributed by atoms with van der Waals surface area (Å²) in [6, 6.07) is 18.3. The van der Waals surface area contributed by atoms with Gasteiger partial charge in [-0.25, -0.2) is 0 Å². The van der Waals surface area contributed by atoms with Crippen molar-refractivity contribution in [2.75, 3.05) is 6.61 Å². The van der Waals surface area contributed by atoms with Gasteiger partial charge in [0.05, 0.1) is 6.61 Å². The van der Waals surface area contributed by atoms with Crippen LogP contribution in [0.3, 0.4) is 0 Å². The zero-order valence-electron chi connectivity index (χ0n) is 14.0. The van der Waals surface area contributed by atoms with Crippen molar-refractivity contribution in [3.63, 3.8) is 0 Å². The molecule has 0 bridgehead atoms. The van der Waals surface area contributed by atoms with Gasteiger partial charge in [-0.15, -0.1) is 17.0 Å². The maximum atomic E-state index is 10.9. The van der Waals surface area contributed by atoms with Crippen molar-refractivity contribution < 1.29 is 19.1 Å². The van der Waals surface area contributed by atoms with Gasteiger partial charge in [-0.05, 0) is 48.9 Å². The standard InChI is InChI=1S/C18H24NO4P.BrH/c19-18(24(20,21)22)8-4-5-13-23-17-11-9-16(10-12-17)14-15-6-2-1-3-7-15;/h1-3,6-7,9-12,18H,4-5,8,13-14,19H2,(H2,20,21,22);1H. The van der Waals surface area contributed by atoms with Crippen LogP contribution in [-0.2, 0) is 11.0 Å². The summed E-state index contributed by atoms with van der Waals surface area (Å²) in [4.78, 5) is 17.8. The van der Waals surface area contributed by atoms with Crippen molar-refractivity contribution in [1.82, 2.24) is 0 Å². The molecule has 2 aromatic rings. The predicted molar refractivity (Wildman–Crippen MR) is 105 cm³/mol. The minimum atomic E-state index is -4.16. The highest BCUT2D eigenvalue weighted by molar-refractivity contribution is 8.93. The smallest absolute Gasteiger partial charge is 0.342 e. The van der Waals surface area contributed by atoms with Gasteiger partial charge < -0.3 is 20.3 Å². The SMILES string of the molecule is Br.NC(CCCCOc1ccc(Cc2ccccc2)cc1)P(=O)(O)O. The molecule has 138 valence electrons. The summed E-state index contributed by atoms with van der Waals surface area (Å²) < 4.78 is 16.6. The molecule has 0 radical (unpaired) electrons. The molecule has 2 aromatic carbocycles. The van der Waals surface area contributed by atoms with E-state index in [0.717, 1.165) is 12.2 Å². The third kappa shape index (κ3) is 8.17. The van der Waals surface area contributed by atoms with Gasteiger partial charge in [0.15, 0.2) is 0 Å². The molecule has 2 rings (SSSR count). The molecule has 0 saturated heterocycles. The molecule has 1 atom stereocenters. The zero-order valence-corrected chi connectivity index (χ0v) is 16.6. The van der Waals surface area contributed by atoms with Gasteiger partial charge in [-0.2, -0.15) is 0 Å². The minimum absolute atomic E-state index is 0. The molecule has 0 saturated carbocycles. The van der Waals surface area contributed by atoms with Crippen molar-refractivity contribution in [3.8, 4) is 5.75 Å². The Bertz CT molecular complexity index is 661. The monoisotopic (exact) mass is 429 g/mol. The van der Waals surface area contributed by atoms with Gasteiger partial charge in [0.1, 0.15) is 11.5 Å². The van der Waals surface area contributed by atoms with Crippen LogP contribution in [0.1, 0.15) is 30.4 Å². The third-order valence-electron chi connectivity index (χ3n) is 3.77. The Labute approximate surface area is 159 Å². The molecule has 4 N–H and O–H groups in total. The van der Waals surface area contributed by atoms with Gasteiger partial charge >= 0.3 is 7.60 Å². The van der Waals surface area contributed by atoms with Crippen LogP contribution in [0.15, 0.2) is 54.6 Å². The molecule has 7 heteroatoms. The molecule has 0 heterocycles. The van der Waals surface area contributed by atoms with Crippen LogP contribution in [0.25, 0.3) is 0 Å². The molecule has 0 aliphatic carbocycles. The maximum Gasteiger partial charge on any atom is 0.342 e. The maximum absolute atomic E-state index is 10.9. The van der Waals surface area contributed by atoms with Crippen molar-refractivity contribution in [1.29, 1.82) is 0 Å². The van der Waals surface area contributed by atoms with E-state index in [1.165, 1.54) is 11.1 Å². The second-order valence-electron chi connectivity index (χ2n) is 5.81. The average molecular weight is 430 g/mol. The molecule has 0 aliphatic rings. The topological polar surface area (TPSA) is 92.8 Å². The molecular weight excluding hydrogens is 405 g/mol. The van der Waals surface area contributed by atoms with Crippen molar-refractivity contribution in [3.05, 3.63) is 65.7 Å². The van der Waals surface area contributed by atoms with Crippen molar-refractivity contribution >= 4 is 24.6 Å². The Balaban J connectivity index is 0.00000312. The molecule has 0 fully saturated rings. The van der Waals surface area contributed by atoms with Gasteiger partial charge in [0.2, 0.25) is 0 Å². The Morgan fingerprint density at radius 2 is 1.56 bits per heavy atom. The van der Waals surface area contributed by atoms with E-state index in [0.29, 0.717) is 25.9 Å². The van der Waals surface area contributed by atoms with Crippen molar-refractivity contribution in [2.24, 2.45) is 5.73 Å². The summed E-state index contributed by atoms with van der Waals surface area (Å²) in [6.07, 6.45) is 2.52. The lowest BCUT2D eigenvalue weighted by Crippen LogP contribution is -2.19. The first kappa shape index (κ1) is 21.9. The van der Waals surface area contributed by atoms with E-state index in [9.17, 15) is 4.57 Å². The van der Waals surface area contributed by atoms with Crippen LogP contribution in [0.5, 0.6) is 5.75 Å². The number of hydrogen-bond acceptors (Lipinski definition) is 3. The summed E-state index contributed by atoms with van der Waals surface area (Å²) >= 11 is 0. The van der Waals surface area contributed by atoms with E-state index in [4.69, 9.17) is 20.3 Å². The highest BCUT2D eigenvalue weighted by Gasteiger charge is 2.23. The fourth-order valence-electron chi connectivity index (χ4n) is 2.35. The Hall–Kier alpha value is -1.17. The normalized spacial score (nSPS) is 12.3. The zero-order chi connectivity index (χ0) is 17.4. The lowest BCUT2D eigenvalue weighted by molar-refractivity contribution is 0.301. The van der Waals surface area contributed by atoms with Crippen LogP contribution >= 0.6 is 24.6 Å². The summed E-state index contributed by atoms with van der Waals surface area (Å²) in [5, 5.41) is 0. The van der Waals surface area contributed by atoms with Crippen LogP contribution in [-0.4, -0.2) is 22.2 Å². The fourth-order valence-corrected chi connectivity index (χ4v) is 2.87. The number of halogens is 1. The van der Waals surface area contributed by atoms with Gasteiger partial charge in [0.25, 0.3) is 0 Å². The molecule has 0 amide bonds. The Morgan fingerprint density at radius 3 is 2.16 bits per heavy atom. The van der Waals surface area contributed by atoms with Gasteiger partial charge in [0, 0.05) is 0 Å². The number of ether oxygens (including phenoxy) is 1. The molecular formula is C18H25BrNO4P. The number of hydrogen-bond donors (Lipinski definition) is 3. The van der Waals surface area contributed by atoms with E-state index < -0.39 is 13.4 Å². The largest absolute Gasteiger partial charge is 0.494 e. The van der Waals surface area contributed by atoms with Crippen LogP contribution in [0.2, 0.25) is 0 Å². The fraction of sp³-hybridized carbons (Fsp3) is 0.333. The predicted octanol–water partition coefficient (Wildman–Crippen LogP) is 3.87. The molecule has 5 nitrogen and oxygen atoms in total. The molecule has 0 spiro atoms. The highest BCUT2D eigenvalue weighted by Crippen LogP contribution is 2.40. The molecule has 0 aromatic heterocycles. The number of nitrogens with two attached hydrogens (primary N) is 1. The van der Waals surface area contributed by atoms with E-state index in [-0.39, 0.29) is 17.0 Å². The van der Waals surface area contributed by atoms with E-state index >= 15 is 0 Å². The molecule has 0 aliphatic heterocycles. The molecule has 25 heavy (non-hydrogen) atoms. The minimum Gasteiger partial charge on any atom is -0.494 e. The lowest BCUT2D eigenvalue weighted by Gasteiger charge is -2.13. The van der Waals surface area contributed by atoms with Crippen LogP contribution in [0.4, 0.5) is 0 Å². The van der Waals surface area contributed by atoms with Gasteiger partial charge in [-0.1, -0.05) is 42.5 Å².